The minimum Gasteiger partial charge on any atom is -0.398 e. The Morgan fingerprint density at radius 1 is 1.02 bits per heavy atom. The van der Waals surface area contributed by atoms with Crippen molar-refractivity contribution < 1.29 is 14.3 Å². The van der Waals surface area contributed by atoms with Crippen LogP contribution in [0.4, 0.5) is 11.5 Å². The Morgan fingerprint density at radius 2 is 1.84 bits per heavy atom. The molecule has 2 aliphatic heterocycles. The summed E-state index contributed by atoms with van der Waals surface area (Å²) in [7, 11) is 0. The molecular weight excluding hydrogens is 572 g/mol. The molecule has 10 heteroatoms. The number of allylic oxidation sites excluding steroid dienone is 1. The van der Waals surface area contributed by atoms with Crippen LogP contribution in [0.5, 0.6) is 0 Å². The monoisotopic (exact) mass is 606 g/mol. The number of ketones is 1. The summed E-state index contributed by atoms with van der Waals surface area (Å²) in [6, 6.07) is 17.3. The molecule has 0 spiro atoms. The summed E-state index contributed by atoms with van der Waals surface area (Å²) in [6.07, 6.45) is 7.82. The second-order valence-corrected chi connectivity index (χ2v) is 11.8. The minimum atomic E-state index is -0.0526. The molecule has 0 unspecified atom stereocenters. The highest BCUT2D eigenvalue weighted by Gasteiger charge is 2.24. The Balaban J connectivity index is 1.19. The molecule has 2 aliphatic rings. The Kier molecular flexibility index (Phi) is 8.90. The lowest BCUT2D eigenvalue weighted by atomic mass is 10.0. The van der Waals surface area contributed by atoms with E-state index < -0.39 is 0 Å². The van der Waals surface area contributed by atoms with Crippen molar-refractivity contribution in [3.8, 4) is 11.4 Å². The van der Waals surface area contributed by atoms with E-state index in [2.05, 4.69) is 17.0 Å². The van der Waals surface area contributed by atoms with Crippen molar-refractivity contribution >= 4 is 62.6 Å². The molecule has 3 N–H and O–H groups in total. The lowest BCUT2D eigenvalue weighted by Gasteiger charge is -2.28. The van der Waals surface area contributed by atoms with Gasteiger partial charge in [0.05, 0.1) is 23.4 Å². The van der Waals surface area contributed by atoms with E-state index >= 15 is 0 Å². The van der Waals surface area contributed by atoms with Gasteiger partial charge in [-0.05, 0) is 35.8 Å². The summed E-state index contributed by atoms with van der Waals surface area (Å²) in [5, 5.41) is 7.93. The van der Waals surface area contributed by atoms with Crippen LogP contribution >= 0.6 is 11.3 Å². The third-order valence-electron chi connectivity index (χ3n) is 7.91. The van der Waals surface area contributed by atoms with Crippen molar-refractivity contribution in [2.75, 3.05) is 50.0 Å². The number of hydrogen-bond donors (Lipinski definition) is 2. The number of amides is 1. The number of aromatic nitrogens is 2. The smallest absolute Gasteiger partial charge is 0.223 e. The van der Waals surface area contributed by atoms with Crippen LogP contribution in [0.3, 0.4) is 0 Å². The maximum Gasteiger partial charge on any atom is 0.223 e. The molecule has 0 radical (unpaired) electrons. The molecule has 1 saturated heterocycles. The van der Waals surface area contributed by atoms with Crippen molar-refractivity contribution in [1.82, 2.24) is 14.9 Å². The number of nitrogens with two attached hydrogens (primary N) is 1. The average molecular weight is 607 g/mol. The summed E-state index contributed by atoms with van der Waals surface area (Å²) in [4.78, 5) is 40.3. The predicted octanol–water partition coefficient (Wildman–Crippen LogP) is 5.45. The van der Waals surface area contributed by atoms with Gasteiger partial charge >= 0.3 is 0 Å². The van der Waals surface area contributed by atoms with Gasteiger partial charge in [0.25, 0.3) is 0 Å². The zero-order chi connectivity index (χ0) is 30.5. The number of rotatable bonds is 9. The summed E-state index contributed by atoms with van der Waals surface area (Å²) in [5.41, 5.74) is 11.0. The Bertz CT molecular complexity index is 1760. The highest BCUT2D eigenvalue weighted by Crippen LogP contribution is 2.39. The maximum atomic E-state index is 12.9. The van der Waals surface area contributed by atoms with Crippen LogP contribution in [0.15, 0.2) is 66.7 Å². The van der Waals surface area contributed by atoms with Crippen LogP contribution in [-0.4, -0.2) is 72.2 Å². The number of nitrogen functional groups attached to an aromatic ring is 1. The number of hydrogen-bond acceptors (Lipinski definition) is 9. The van der Waals surface area contributed by atoms with Gasteiger partial charge in [-0.2, -0.15) is 0 Å². The Hall–Kier alpha value is -4.67. The first-order valence-electron chi connectivity index (χ1n) is 14.8. The molecule has 0 aliphatic carbocycles. The first-order valence-corrected chi connectivity index (χ1v) is 15.6. The number of nitrogens with one attached hydrogen (secondary N) is 1. The number of carbonyl (C=O) groups excluding carboxylic acids is 2. The zero-order valence-corrected chi connectivity index (χ0v) is 25.2. The highest BCUT2D eigenvalue weighted by molar-refractivity contribution is 7.20. The van der Waals surface area contributed by atoms with E-state index in [1.165, 1.54) is 11.8 Å². The predicted molar refractivity (Wildman–Crippen MR) is 177 cm³/mol. The van der Waals surface area contributed by atoms with Crippen molar-refractivity contribution in [1.29, 1.82) is 5.41 Å². The average Bonchev–Trinajstić information content (AvgIpc) is 3.51. The van der Waals surface area contributed by atoms with Gasteiger partial charge in [-0.1, -0.05) is 54.6 Å². The molecule has 9 nitrogen and oxygen atoms in total. The number of thiophene rings is 1. The minimum absolute atomic E-state index is 0.00708. The largest absolute Gasteiger partial charge is 0.398 e. The van der Waals surface area contributed by atoms with Crippen molar-refractivity contribution in [2.45, 2.75) is 19.3 Å². The molecule has 4 heterocycles. The van der Waals surface area contributed by atoms with Crippen LogP contribution in [-0.2, 0) is 14.3 Å². The SMILES string of the molecule is N=Cc1c(N)cccc1-c1nc(N2CCOCC2)c2sc(C3=CCN(C(=O)CCC(=O)C=Cc4ccccc4)CC3)cc2n1. The zero-order valence-electron chi connectivity index (χ0n) is 24.4. The first kappa shape index (κ1) is 29.4. The van der Waals surface area contributed by atoms with Gasteiger partial charge in [0, 0.05) is 66.9 Å². The number of anilines is 2. The fourth-order valence-electron chi connectivity index (χ4n) is 5.47. The van der Waals surface area contributed by atoms with Gasteiger partial charge < -0.3 is 25.7 Å². The van der Waals surface area contributed by atoms with Crippen LogP contribution in [0.2, 0.25) is 0 Å². The molecule has 4 aromatic rings. The van der Waals surface area contributed by atoms with Crippen molar-refractivity contribution in [3.63, 3.8) is 0 Å². The number of morpholine rings is 1. The van der Waals surface area contributed by atoms with Crippen LogP contribution in [0.25, 0.3) is 33.3 Å². The Labute approximate surface area is 260 Å². The summed E-state index contributed by atoms with van der Waals surface area (Å²) in [6.45, 7) is 3.84. The van der Waals surface area contributed by atoms with Gasteiger partial charge in [0.2, 0.25) is 5.91 Å². The van der Waals surface area contributed by atoms with E-state index in [4.69, 9.17) is 25.8 Å². The standard InChI is InChI=1S/C34H34N6O3S/c35-22-27-26(7-4-8-28(27)36)33-37-29-21-30(44-32(29)34(38-33)40-17-19-43-20-18-40)24-13-15-39(16-14-24)31(42)12-11-25(41)10-9-23-5-2-1-3-6-23/h1-10,13,21-22,35H,11-12,14-20,36H2. The number of fused-ring (bicyclic) bond motifs is 1. The van der Waals surface area contributed by atoms with Crippen LogP contribution in [0, 0.1) is 5.41 Å². The molecule has 6 rings (SSSR count). The molecule has 224 valence electrons. The number of nitrogens with zero attached hydrogens (tertiary/aromatic N) is 4. The topological polar surface area (TPSA) is 125 Å². The maximum absolute atomic E-state index is 12.9. The lowest BCUT2D eigenvalue weighted by molar-refractivity contribution is -0.132. The lowest BCUT2D eigenvalue weighted by Crippen LogP contribution is -2.36. The van der Waals surface area contributed by atoms with Gasteiger partial charge in [-0.3, -0.25) is 9.59 Å². The second kappa shape index (κ2) is 13.3. The number of benzene rings is 2. The van der Waals surface area contributed by atoms with Crippen molar-refractivity contribution in [2.24, 2.45) is 0 Å². The molecule has 2 aromatic heterocycles. The molecule has 2 aromatic carbocycles. The quantitative estimate of drug-likeness (QED) is 0.147. The molecule has 1 amide bonds. The number of carbonyl (C=O) groups is 2. The van der Waals surface area contributed by atoms with Crippen LogP contribution < -0.4 is 10.6 Å². The van der Waals surface area contributed by atoms with Gasteiger partial charge in [-0.25, -0.2) is 9.97 Å². The summed E-state index contributed by atoms with van der Waals surface area (Å²) < 4.78 is 6.61. The molecule has 0 atom stereocenters. The van der Waals surface area contributed by atoms with Crippen LogP contribution in [0.1, 0.15) is 35.3 Å². The van der Waals surface area contributed by atoms with Crippen molar-refractivity contribution in [3.05, 3.63) is 82.8 Å². The highest BCUT2D eigenvalue weighted by atomic mass is 32.1. The fourth-order valence-corrected chi connectivity index (χ4v) is 6.65. The molecule has 1 fully saturated rings. The van der Waals surface area contributed by atoms with E-state index in [0.29, 0.717) is 43.4 Å². The van der Waals surface area contributed by atoms with Gasteiger partial charge in [0.15, 0.2) is 17.4 Å². The van der Waals surface area contributed by atoms with E-state index in [9.17, 15) is 9.59 Å². The van der Waals surface area contributed by atoms with E-state index in [0.717, 1.165) is 51.5 Å². The third kappa shape index (κ3) is 6.46. The number of ether oxygens (including phenoxy) is 1. The summed E-state index contributed by atoms with van der Waals surface area (Å²) in [5.74, 6) is 1.34. The van der Waals surface area contributed by atoms with E-state index in [1.54, 1.807) is 29.6 Å². The third-order valence-corrected chi connectivity index (χ3v) is 9.11. The molecule has 0 bridgehead atoms. The van der Waals surface area contributed by atoms with Gasteiger partial charge in [-0.15, -0.1) is 11.3 Å². The molecule has 44 heavy (non-hydrogen) atoms. The fraction of sp³-hybridized carbons (Fsp3) is 0.265. The molecule has 0 saturated carbocycles. The Morgan fingerprint density at radius 3 is 2.59 bits per heavy atom. The van der Waals surface area contributed by atoms with E-state index in [1.807, 2.05) is 47.4 Å². The molecular formula is C34H34N6O3S. The summed E-state index contributed by atoms with van der Waals surface area (Å²) >= 11 is 1.67. The van der Waals surface area contributed by atoms with E-state index in [-0.39, 0.29) is 24.5 Å². The second-order valence-electron chi connectivity index (χ2n) is 10.8. The van der Waals surface area contributed by atoms with Gasteiger partial charge in [0.1, 0.15) is 0 Å². The normalized spacial score (nSPS) is 15.5. The first-order chi connectivity index (χ1) is 21.5.